The minimum Gasteiger partial charge on any atom is -0.389 e. The maximum Gasteiger partial charge on any atom is 0.231 e. The molecule has 1 fully saturated rings. The normalized spacial score (nSPS) is 19.6. The van der Waals surface area contributed by atoms with Gasteiger partial charge in [0, 0.05) is 17.8 Å². The molecule has 0 heterocycles. The van der Waals surface area contributed by atoms with Gasteiger partial charge in [-0.25, -0.2) is 0 Å². The molecule has 1 unspecified atom stereocenters. The van der Waals surface area contributed by atoms with Gasteiger partial charge in [0.1, 0.15) is 0 Å². The zero-order valence-electron chi connectivity index (χ0n) is 12.8. The number of nitrogens with one attached hydrogen (secondary N) is 1. The Labute approximate surface area is 126 Å². The lowest BCUT2D eigenvalue weighted by atomic mass is 9.79. The second-order valence-electron chi connectivity index (χ2n) is 6.12. The van der Waals surface area contributed by atoms with Crippen LogP contribution in [-0.2, 0) is 4.79 Å². The van der Waals surface area contributed by atoms with Crippen molar-refractivity contribution in [1.82, 2.24) is 0 Å². The van der Waals surface area contributed by atoms with Crippen LogP contribution in [0.25, 0.3) is 0 Å². The van der Waals surface area contributed by atoms with Crippen LogP contribution in [0.5, 0.6) is 0 Å². The van der Waals surface area contributed by atoms with Crippen LogP contribution in [0.15, 0.2) is 24.3 Å². The van der Waals surface area contributed by atoms with Crippen LogP contribution in [0.3, 0.4) is 0 Å². The number of carbonyl (C=O) groups is 1. The first-order valence-corrected chi connectivity index (χ1v) is 7.87. The molecule has 21 heavy (non-hydrogen) atoms. The molecule has 1 aromatic rings. The van der Waals surface area contributed by atoms with E-state index in [9.17, 15) is 9.90 Å². The number of aliphatic hydroxyl groups is 1. The number of aliphatic hydroxyl groups excluding tert-OH is 1. The number of para-hydroxylation sites is 1. The second kappa shape index (κ2) is 7.05. The van der Waals surface area contributed by atoms with E-state index in [1.54, 1.807) is 6.92 Å². The van der Waals surface area contributed by atoms with Gasteiger partial charge in [-0.3, -0.25) is 4.79 Å². The van der Waals surface area contributed by atoms with Gasteiger partial charge in [0.25, 0.3) is 0 Å². The first-order chi connectivity index (χ1) is 10.1. The lowest BCUT2D eigenvalue weighted by molar-refractivity contribution is -0.125. The largest absolute Gasteiger partial charge is 0.389 e. The molecule has 0 aromatic heterocycles. The summed E-state index contributed by atoms with van der Waals surface area (Å²) in [6, 6.07) is 7.40. The molecule has 1 aliphatic carbocycles. The molecule has 4 heteroatoms. The van der Waals surface area contributed by atoms with Crippen LogP contribution in [-0.4, -0.2) is 17.6 Å². The third-order valence-electron chi connectivity index (χ3n) is 4.59. The average Bonchev–Trinajstić information content (AvgIpc) is 2.74. The number of rotatable bonds is 4. The van der Waals surface area contributed by atoms with Gasteiger partial charge in [0.15, 0.2) is 0 Å². The third kappa shape index (κ3) is 3.63. The SMILES string of the molecule is CC(O)c1ccccc1NC(=O)C1(CN)CCCCCC1. The topological polar surface area (TPSA) is 75.3 Å². The summed E-state index contributed by atoms with van der Waals surface area (Å²) in [7, 11) is 0. The van der Waals surface area contributed by atoms with Gasteiger partial charge in [-0.1, -0.05) is 43.9 Å². The Hall–Kier alpha value is -1.39. The predicted octanol–water partition coefficient (Wildman–Crippen LogP) is 2.98. The number of hydrogen-bond acceptors (Lipinski definition) is 3. The summed E-state index contributed by atoms with van der Waals surface area (Å²) in [5.41, 5.74) is 6.93. The van der Waals surface area contributed by atoms with Gasteiger partial charge in [-0.05, 0) is 25.8 Å². The highest BCUT2D eigenvalue weighted by Crippen LogP contribution is 2.36. The fourth-order valence-corrected chi connectivity index (χ4v) is 3.16. The van der Waals surface area contributed by atoms with Crippen molar-refractivity contribution in [1.29, 1.82) is 0 Å². The van der Waals surface area contributed by atoms with Crippen molar-refractivity contribution in [3.63, 3.8) is 0 Å². The molecule has 2 rings (SSSR count). The molecule has 1 amide bonds. The molecule has 0 bridgehead atoms. The number of anilines is 1. The summed E-state index contributed by atoms with van der Waals surface area (Å²) < 4.78 is 0. The van der Waals surface area contributed by atoms with Crippen LogP contribution >= 0.6 is 0 Å². The van der Waals surface area contributed by atoms with Gasteiger partial charge >= 0.3 is 0 Å². The molecule has 1 aliphatic rings. The van der Waals surface area contributed by atoms with E-state index < -0.39 is 11.5 Å². The van der Waals surface area contributed by atoms with E-state index in [1.807, 2.05) is 24.3 Å². The number of nitrogens with two attached hydrogens (primary N) is 1. The molecule has 1 aromatic carbocycles. The van der Waals surface area contributed by atoms with Crippen molar-refractivity contribution in [2.75, 3.05) is 11.9 Å². The highest BCUT2D eigenvalue weighted by atomic mass is 16.3. The van der Waals surface area contributed by atoms with Gasteiger partial charge in [0.2, 0.25) is 5.91 Å². The van der Waals surface area contributed by atoms with E-state index in [2.05, 4.69) is 5.32 Å². The molecule has 4 nitrogen and oxygen atoms in total. The van der Waals surface area contributed by atoms with Crippen molar-refractivity contribution in [2.24, 2.45) is 11.1 Å². The summed E-state index contributed by atoms with van der Waals surface area (Å²) >= 11 is 0. The Balaban J connectivity index is 2.19. The minimum atomic E-state index is -0.607. The number of benzene rings is 1. The Morgan fingerprint density at radius 3 is 2.48 bits per heavy atom. The number of carbonyl (C=O) groups excluding carboxylic acids is 1. The second-order valence-corrected chi connectivity index (χ2v) is 6.12. The molecular formula is C17H26N2O2. The van der Waals surface area contributed by atoms with E-state index in [0.717, 1.165) is 31.2 Å². The zero-order chi connectivity index (χ0) is 15.3. The molecule has 1 saturated carbocycles. The van der Waals surface area contributed by atoms with Crippen molar-refractivity contribution in [3.8, 4) is 0 Å². The van der Waals surface area contributed by atoms with Gasteiger partial charge in [-0.2, -0.15) is 0 Å². The maximum atomic E-state index is 12.8. The van der Waals surface area contributed by atoms with E-state index in [0.29, 0.717) is 12.2 Å². The fraction of sp³-hybridized carbons (Fsp3) is 0.588. The van der Waals surface area contributed by atoms with Crippen molar-refractivity contribution >= 4 is 11.6 Å². The molecule has 0 spiro atoms. The summed E-state index contributed by atoms with van der Waals surface area (Å²) in [6.07, 6.45) is 5.58. The smallest absolute Gasteiger partial charge is 0.231 e. The number of amides is 1. The number of hydrogen-bond donors (Lipinski definition) is 3. The van der Waals surface area contributed by atoms with E-state index >= 15 is 0 Å². The van der Waals surface area contributed by atoms with Crippen LogP contribution in [0.4, 0.5) is 5.69 Å². The first-order valence-electron chi connectivity index (χ1n) is 7.87. The molecule has 116 valence electrons. The molecule has 0 aliphatic heterocycles. The van der Waals surface area contributed by atoms with Gasteiger partial charge in [-0.15, -0.1) is 0 Å². The van der Waals surface area contributed by atoms with Crippen LogP contribution in [0.2, 0.25) is 0 Å². The zero-order valence-corrected chi connectivity index (χ0v) is 12.8. The molecule has 4 N–H and O–H groups in total. The molecule has 1 atom stereocenters. The van der Waals surface area contributed by atoms with E-state index in [-0.39, 0.29) is 5.91 Å². The molecule has 0 saturated heterocycles. The van der Waals surface area contributed by atoms with Crippen LogP contribution in [0.1, 0.15) is 57.1 Å². The summed E-state index contributed by atoms with van der Waals surface area (Å²) in [5.74, 6) is 0.000000000000000666. The Kier molecular flexibility index (Phi) is 5.37. The van der Waals surface area contributed by atoms with Crippen LogP contribution in [0, 0.1) is 5.41 Å². The highest BCUT2D eigenvalue weighted by Gasteiger charge is 2.37. The monoisotopic (exact) mass is 290 g/mol. The predicted molar refractivity (Wildman–Crippen MR) is 84.9 cm³/mol. The fourth-order valence-electron chi connectivity index (χ4n) is 3.16. The molecule has 0 radical (unpaired) electrons. The van der Waals surface area contributed by atoms with Crippen LogP contribution < -0.4 is 11.1 Å². The highest BCUT2D eigenvalue weighted by molar-refractivity contribution is 5.96. The van der Waals surface area contributed by atoms with Crippen molar-refractivity contribution < 1.29 is 9.90 Å². The average molecular weight is 290 g/mol. The maximum absolute atomic E-state index is 12.8. The summed E-state index contributed by atoms with van der Waals surface area (Å²) in [4.78, 5) is 12.8. The Morgan fingerprint density at radius 2 is 1.90 bits per heavy atom. The first kappa shape index (κ1) is 16.0. The van der Waals surface area contributed by atoms with E-state index in [4.69, 9.17) is 5.73 Å². The van der Waals surface area contributed by atoms with Gasteiger partial charge < -0.3 is 16.2 Å². The Bertz CT molecular complexity index is 477. The third-order valence-corrected chi connectivity index (χ3v) is 4.59. The lowest BCUT2D eigenvalue weighted by Crippen LogP contribution is -2.42. The minimum absolute atomic E-state index is 0.000000000000000666. The van der Waals surface area contributed by atoms with Crippen molar-refractivity contribution in [3.05, 3.63) is 29.8 Å². The van der Waals surface area contributed by atoms with Gasteiger partial charge in [0.05, 0.1) is 11.5 Å². The molecular weight excluding hydrogens is 264 g/mol. The summed E-state index contributed by atoms with van der Waals surface area (Å²) in [5, 5.41) is 12.8. The quantitative estimate of drug-likeness (QED) is 0.746. The lowest BCUT2D eigenvalue weighted by Gasteiger charge is -2.30. The standard InChI is InChI=1S/C17H26N2O2/c1-13(20)14-8-4-5-9-15(14)19-16(21)17(12-18)10-6-2-3-7-11-17/h4-5,8-9,13,20H,2-3,6-7,10-12,18H2,1H3,(H,19,21). The Morgan fingerprint density at radius 1 is 1.29 bits per heavy atom. The summed E-state index contributed by atoms with van der Waals surface area (Å²) in [6.45, 7) is 2.09. The van der Waals surface area contributed by atoms with Crippen molar-refractivity contribution in [2.45, 2.75) is 51.6 Å². The van der Waals surface area contributed by atoms with E-state index in [1.165, 1.54) is 12.8 Å².